The quantitative estimate of drug-likeness (QED) is 0.886. The molecule has 1 nitrogen and oxygen atoms in total. The van der Waals surface area contributed by atoms with Gasteiger partial charge in [0.05, 0.1) is 0 Å². The molecule has 0 aliphatic carbocycles. The monoisotopic (exact) mass is 267 g/mol. The Morgan fingerprint density at radius 3 is 2.93 bits per heavy atom. The second-order valence-corrected chi connectivity index (χ2v) is 5.18. The zero-order valence-corrected chi connectivity index (χ0v) is 10.8. The number of halogens is 1. The lowest BCUT2D eigenvalue weighted by Crippen LogP contribution is -2.24. The topological polar surface area (TPSA) is 12.0 Å². The average molecular weight is 268 g/mol. The second-order valence-electron chi connectivity index (χ2n) is 4.26. The molecule has 1 atom stereocenters. The first-order chi connectivity index (χ1) is 7.29. The lowest BCUT2D eigenvalue weighted by molar-refractivity contribution is 0.600. The van der Waals surface area contributed by atoms with E-state index in [2.05, 4.69) is 46.4 Å². The molecule has 0 radical (unpaired) electrons. The van der Waals surface area contributed by atoms with Gasteiger partial charge >= 0.3 is 0 Å². The molecule has 1 aliphatic rings. The minimum atomic E-state index is 0.705. The summed E-state index contributed by atoms with van der Waals surface area (Å²) < 4.78 is 1.20. The lowest BCUT2D eigenvalue weighted by Gasteiger charge is -2.13. The molecule has 1 N–H and O–H groups in total. The molecule has 15 heavy (non-hydrogen) atoms. The predicted molar refractivity (Wildman–Crippen MR) is 68.2 cm³/mol. The van der Waals surface area contributed by atoms with Crippen LogP contribution in [-0.2, 0) is 12.8 Å². The van der Waals surface area contributed by atoms with Gasteiger partial charge in [-0.1, -0.05) is 28.9 Å². The number of hydrogen-bond donors (Lipinski definition) is 1. The van der Waals surface area contributed by atoms with Crippen molar-refractivity contribution < 1.29 is 0 Å². The Hall–Kier alpha value is -0.340. The van der Waals surface area contributed by atoms with Gasteiger partial charge in [-0.15, -0.1) is 0 Å². The highest BCUT2D eigenvalue weighted by Gasteiger charge is 2.15. The van der Waals surface area contributed by atoms with Crippen molar-refractivity contribution in [2.24, 2.45) is 0 Å². The van der Waals surface area contributed by atoms with Crippen molar-refractivity contribution in [2.45, 2.75) is 38.6 Å². The fraction of sp³-hybridized carbons (Fsp3) is 0.538. The van der Waals surface area contributed by atoms with Crippen LogP contribution in [0.1, 0.15) is 30.9 Å². The summed E-state index contributed by atoms with van der Waals surface area (Å²) in [5.74, 6) is 0. The van der Waals surface area contributed by atoms with Gasteiger partial charge in [-0.05, 0) is 55.5 Å². The van der Waals surface area contributed by atoms with E-state index in [1.54, 1.807) is 0 Å². The van der Waals surface area contributed by atoms with E-state index in [1.807, 2.05) is 0 Å². The highest BCUT2D eigenvalue weighted by molar-refractivity contribution is 9.10. The molecule has 0 aromatic heterocycles. The molecule has 82 valence electrons. The van der Waals surface area contributed by atoms with E-state index in [4.69, 9.17) is 0 Å². The van der Waals surface area contributed by atoms with E-state index in [0.717, 1.165) is 6.42 Å². The van der Waals surface area contributed by atoms with Gasteiger partial charge in [0.25, 0.3) is 0 Å². The summed E-state index contributed by atoms with van der Waals surface area (Å²) in [6.07, 6.45) is 4.99. The summed E-state index contributed by atoms with van der Waals surface area (Å²) in [6, 6.07) is 7.38. The molecular weight excluding hydrogens is 250 g/mol. The first-order valence-corrected chi connectivity index (χ1v) is 6.59. The molecule has 2 heteroatoms. The van der Waals surface area contributed by atoms with Crippen LogP contribution in [0.25, 0.3) is 0 Å². The van der Waals surface area contributed by atoms with Crippen LogP contribution in [-0.4, -0.2) is 12.6 Å². The van der Waals surface area contributed by atoms with Crippen molar-refractivity contribution in [1.82, 2.24) is 5.32 Å². The Kier molecular flexibility index (Phi) is 3.81. The summed E-state index contributed by atoms with van der Waals surface area (Å²) in [5.41, 5.74) is 3.00. The Bertz CT molecular complexity index is 329. The van der Waals surface area contributed by atoms with E-state index in [0.29, 0.717) is 6.04 Å². The smallest absolute Gasteiger partial charge is 0.0178 e. The summed E-state index contributed by atoms with van der Waals surface area (Å²) in [5, 5.41) is 3.56. The average Bonchev–Trinajstić information content (AvgIpc) is 2.73. The van der Waals surface area contributed by atoms with Gasteiger partial charge < -0.3 is 5.32 Å². The molecule has 1 aromatic rings. The van der Waals surface area contributed by atoms with Crippen molar-refractivity contribution in [3.63, 3.8) is 0 Å². The third kappa shape index (κ3) is 2.82. The first-order valence-electron chi connectivity index (χ1n) is 5.80. The number of nitrogens with one attached hydrogen (secondary N) is 1. The second kappa shape index (κ2) is 5.13. The molecular formula is C13H18BrN. The molecule has 1 saturated heterocycles. The van der Waals surface area contributed by atoms with Gasteiger partial charge in [-0.3, -0.25) is 0 Å². The van der Waals surface area contributed by atoms with Gasteiger partial charge in [0.15, 0.2) is 0 Å². The van der Waals surface area contributed by atoms with E-state index >= 15 is 0 Å². The van der Waals surface area contributed by atoms with Gasteiger partial charge in [0.2, 0.25) is 0 Å². The molecule has 1 aliphatic heterocycles. The van der Waals surface area contributed by atoms with Gasteiger partial charge in [-0.2, -0.15) is 0 Å². The van der Waals surface area contributed by atoms with Gasteiger partial charge in [0, 0.05) is 10.5 Å². The SMILES string of the molecule is CCc1cc(Br)ccc1CC1CCCN1. The van der Waals surface area contributed by atoms with Crippen molar-refractivity contribution in [3.8, 4) is 0 Å². The largest absolute Gasteiger partial charge is 0.314 e. The minimum Gasteiger partial charge on any atom is -0.314 e. The maximum atomic E-state index is 3.56. The van der Waals surface area contributed by atoms with Crippen LogP contribution >= 0.6 is 15.9 Å². The lowest BCUT2D eigenvalue weighted by atomic mass is 9.98. The van der Waals surface area contributed by atoms with E-state index in [9.17, 15) is 0 Å². The fourth-order valence-corrected chi connectivity index (χ4v) is 2.73. The highest BCUT2D eigenvalue weighted by atomic mass is 79.9. The zero-order valence-electron chi connectivity index (χ0n) is 9.22. The van der Waals surface area contributed by atoms with Gasteiger partial charge in [-0.25, -0.2) is 0 Å². The summed E-state index contributed by atoms with van der Waals surface area (Å²) in [4.78, 5) is 0. The van der Waals surface area contributed by atoms with Crippen LogP contribution in [0, 0.1) is 0 Å². The number of hydrogen-bond acceptors (Lipinski definition) is 1. The maximum absolute atomic E-state index is 3.56. The maximum Gasteiger partial charge on any atom is 0.0178 e. The van der Waals surface area contributed by atoms with E-state index < -0.39 is 0 Å². The van der Waals surface area contributed by atoms with Crippen LogP contribution < -0.4 is 5.32 Å². The molecule has 0 bridgehead atoms. The van der Waals surface area contributed by atoms with Gasteiger partial charge in [0.1, 0.15) is 0 Å². The van der Waals surface area contributed by atoms with Crippen LogP contribution in [0.5, 0.6) is 0 Å². The standard InChI is InChI=1S/C13H18BrN/c1-2-10-8-12(14)6-5-11(10)9-13-4-3-7-15-13/h5-6,8,13,15H,2-4,7,9H2,1H3. The normalized spacial score (nSPS) is 20.8. The third-order valence-electron chi connectivity index (χ3n) is 3.18. The Labute approximate surface area is 100 Å². The number of aryl methyl sites for hydroxylation is 1. The molecule has 1 fully saturated rings. The Morgan fingerprint density at radius 2 is 2.27 bits per heavy atom. The van der Waals surface area contributed by atoms with E-state index in [1.165, 1.54) is 41.4 Å². The fourth-order valence-electron chi connectivity index (χ4n) is 2.32. The van der Waals surface area contributed by atoms with Crippen LogP contribution in [0.3, 0.4) is 0 Å². The summed E-state index contributed by atoms with van der Waals surface area (Å²) >= 11 is 3.53. The summed E-state index contributed by atoms with van der Waals surface area (Å²) in [6.45, 7) is 3.43. The highest BCUT2D eigenvalue weighted by Crippen LogP contribution is 2.20. The predicted octanol–water partition coefficient (Wildman–Crippen LogP) is 3.31. The number of benzene rings is 1. The molecule has 1 unspecified atom stereocenters. The van der Waals surface area contributed by atoms with Crippen LogP contribution in [0.4, 0.5) is 0 Å². The zero-order chi connectivity index (χ0) is 10.7. The van der Waals surface area contributed by atoms with Crippen molar-refractivity contribution in [1.29, 1.82) is 0 Å². The van der Waals surface area contributed by atoms with Crippen molar-refractivity contribution in [2.75, 3.05) is 6.54 Å². The third-order valence-corrected chi connectivity index (χ3v) is 3.67. The molecule has 1 aromatic carbocycles. The van der Waals surface area contributed by atoms with E-state index in [-0.39, 0.29) is 0 Å². The van der Waals surface area contributed by atoms with Crippen molar-refractivity contribution in [3.05, 3.63) is 33.8 Å². The number of rotatable bonds is 3. The Balaban J connectivity index is 2.12. The summed E-state index contributed by atoms with van der Waals surface area (Å²) in [7, 11) is 0. The molecule has 0 spiro atoms. The molecule has 2 rings (SSSR count). The Morgan fingerprint density at radius 1 is 1.40 bits per heavy atom. The molecule has 0 amide bonds. The molecule has 0 saturated carbocycles. The first kappa shape index (κ1) is 11.2. The van der Waals surface area contributed by atoms with Crippen LogP contribution in [0.15, 0.2) is 22.7 Å². The minimum absolute atomic E-state index is 0.705. The van der Waals surface area contributed by atoms with Crippen molar-refractivity contribution >= 4 is 15.9 Å². The molecule has 1 heterocycles. The van der Waals surface area contributed by atoms with Crippen LogP contribution in [0.2, 0.25) is 0 Å².